The van der Waals surface area contributed by atoms with Gasteiger partial charge in [-0.2, -0.15) is 0 Å². The predicted octanol–water partition coefficient (Wildman–Crippen LogP) is 2.71. The maximum absolute atomic E-state index is 5.46. The number of aliphatic imine (C=N–C) groups is 1. The summed E-state index contributed by atoms with van der Waals surface area (Å²) in [4.78, 5) is 10.1. The molecule has 7 nitrogen and oxygen atoms in total. The highest BCUT2D eigenvalue weighted by atomic mass is 127. The van der Waals surface area contributed by atoms with Gasteiger partial charge in [0.15, 0.2) is 5.96 Å². The Bertz CT molecular complexity index is 622. The Labute approximate surface area is 204 Å². The first-order chi connectivity index (χ1) is 14.9. The van der Waals surface area contributed by atoms with Crippen LogP contribution in [0.2, 0.25) is 0 Å². The zero-order chi connectivity index (χ0) is 20.4. The van der Waals surface area contributed by atoms with Gasteiger partial charge in [-0.15, -0.1) is 24.0 Å². The summed E-state index contributed by atoms with van der Waals surface area (Å²) in [7, 11) is 0. The van der Waals surface area contributed by atoms with Crippen LogP contribution in [0.3, 0.4) is 0 Å². The van der Waals surface area contributed by atoms with Crippen molar-refractivity contribution >= 4 is 29.9 Å². The number of furan rings is 1. The second kappa shape index (κ2) is 13.6. The first-order valence-corrected chi connectivity index (χ1v) is 12.0. The normalized spacial score (nSPS) is 22.4. The first-order valence-electron chi connectivity index (χ1n) is 12.0. The van der Waals surface area contributed by atoms with Crippen molar-refractivity contribution in [1.82, 2.24) is 20.4 Å². The molecular weight excluding hydrogens is 505 g/mol. The van der Waals surface area contributed by atoms with E-state index in [0.717, 1.165) is 70.1 Å². The van der Waals surface area contributed by atoms with Crippen molar-refractivity contribution in [2.75, 3.05) is 59.0 Å². The molecule has 0 amide bonds. The van der Waals surface area contributed by atoms with Crippen LogP contribution in [0.15, 0.2) is 27.8 Å². The van der Waals surface area contributed by atoms with Crippen molar-refractivity contribution in [2.24, 2.45) is 4.99 Å². The van der Waals surface area contributed by atoms with Crippen LogP contribution < -0.4 is 10.6 Å². The number of guanidine groups is 1. The summed E-state index contributed by atoms with van der Waals surface area (Å²) in [6, 6.07) is 5.34. The Balaban J connectivity index is 0.00000272. The van der Waals surface area contributed by atoms with E-state index >= 15 is 0 Å². The third kappa shape index (κ3) is 8.22. The first kappa shape index (κ1) is 24.8. The number of halogens is 1. The topological polar surface area (TPSA) is 65.3 Å². The highest BCUT2D eigenvalue weighted by Gasteiger charge is 2.27. The Morgan fingerprint density at radius 1 is 1.06 bits per heavy atom. The van der Waals surface area contributed by atoms with Crippen LogP contribution in [0.5, 0.6) is 0 Å². The van der Waals surface area contributed by atoms with E-state index in [4.69, 9.17) is 14.1 Å². The van der Waals surface area contributed by atoms with Crippen molar-refractivity contribution in [3.05, 3.63) is 24.2 Å². The van der Waals surface area contributed by atoms with E-state index in [1.165, 1.54) is 51.6 Å². The molecular formula is C23H40IN5O2. The van der Waals surface area contributed by atoms with Gasteiger partial charge in [-0.05, 0) is 37.8 Å². The molecule has 31 heavy (non-hydrogen) atoms. The molecule has 8 heteroatoms. The summed E-state index contributed by atoms with van der Waals surface area (Å²) >= 11 is 0. The summed E-state index contributed by atoms with van der Waals surface area (Å²) in [5.74, 6) is 1.97. The van der Waals surface area contributed by atoms with Crippen LogP contribution >= 0.6 is 24.0 Å². The number of morpholine rings is 1. The highest BCUT2D eigenvalue weighted by molar-refractivity contribution is 14.0. The average molecular weight is 546 g/mol. The quantitative estimate of drug-likeness (QED) is 0.298. The van der Waals surface area contributed by atoms with Gasteiger partial charge >= 0.3 is 0 Å². The average Bonchev–Trinajstić information content (AvgIpc) is 3.49. The van der Waals surface area contributed by atoms with Crippen LogP contribution in [-0.2, 0) is 11.2 Å². The lowest BCUT2D eigenvalue weighted by molar-refractivity contribution is 0.0394. The summed E-state index contributed by atoms with van der Waals surface area (Å²) in [6.07, 6.45) is 10.7. The van der Waals surface area contributed by atoms with Gasteiger partial charge in [-0.25, -0.2) is 0 Å². The molecule has 0 radical (unpaired) electrons. The second-order valence-corrected chi connectivity index (χ2v) is 8.83. The number of nitrogens with zero attached hydrogens (tertiary/aromatic N) is 3. The van der Waals surface area contributed by atoms with E-state index in [-0.39, 0.29) is 24.0 Å². The molecule has 2 aliphatic heterocycles. The van der Waals surface area contributed by atoms with Gasteiger partial charge in [0.25, 0.3) is 0 Å². The van der Waals surface area contributed by atoms with Crippen LogP contribution in [0.25, 0.3) is 0 Å². The molecule has 3 aliphatic rings. The Morgan fingerprint density at radius 3 is 2.55 bits per heavy atom. The SMILES string of the molecule is I.c1coc(CCNC(=NCCN2CCOCC2)NC2CCN(C3CCCC3)CC2)c1. The lowest BCUT2D eigenvalue weighted by Crippen LogP contribution is -2.50. The van der Waals surface area contributed by atoms with Crippen molar-refractivity contribution < 1.29 is 9.15 Å². The maximum Gasteiger partial charge on any atom is 0.191 e. The molecule has 1 aliphatic carbocycles. The minimum absolute atomic E-state index is 0. The van der Waals surface area contributed by atoms with E-state index < -0.39 is 0 Å². The van der Waals surface area contributed by atoms with Crippen molar-refractivity contribution in [2.45, 2.75) is 57.0 Å². The molecule has 1 saturated carbocycles. The monoisotopic (exact) mass is 545 g/mol. The minimum atomic E-state index is 0. The van der Waals surface area contributed by atoms with Crippen LogP contribution in [0.1, 0.15) is 44.3 Å². The fraction of sp³-hybridized carbons (Fsp3) is 0.783. The lowest BCUT2D eigenvalue weighted by atomic mass is 10.0. The Hall–Kier alpha value is -0.840. The molecule has 2 N–H and O–H groups in total. The Morgan fingerprint density at radius 2 is 1.84 bits per heavy atom. The molecule has 0 bridgehead atoms. The molecule has 3 heterocycles. The number of hydrogen-bond acceptors (Lipinski definition) is 5. The van der Waals surface area contributed by atoms with Crippen molar-refractivity contribution in [3.63, 3.8) is 0 Å². The van der Waals surface area contributed by atoms with Crippen LogP contribution in [0, 0.1) is 0 Å². The molecule has 2 saturated heterocycles. The van der Waals surface area contributed by atoms with Gasteiger partial charge in [0.1, 0.15) is 5.76 Å². The number of likely N-dealkylation sites (tertiary alicyclic amines) is 1. The fourth-order valence-corrected chi connectivity index (χ4v) is 4.91. The molecule has 176 valence electrons. The van der Waals surface area contributed by atoms with E-state index in [0.29, 0.717) is 6.04 Å². The largest absolute Gasteiger partial charge is 0.469 e. The van der Waals surface area contributed by atoms with E-state index in [2.05, 4.69) is 20.4 Å². The number of nitrogens with one attached hydrogen (secondary N) is 2. The molecule has 0 unspecified atom stereocenters. The number of hydrogen-bond donors (Lipinski definition) is 2. The van der Waals surface area contributed by atoms with Crippen molar-refractivity contribution in [3.8, 4) is 0 Å². The smallest absolute Gasteiger partial charge is 0.191 e. The van der Waals surface area contributed by atoms with Gasteiger partial charge in [0, 0.05) is 57.8 Å². The molecule has 0 atom stereocenters. The van der Waals surface area contributed by atoms with E-state index in [9.17, 15) is 0 Å². The standard InChI is InChI=1S/C23H39N5O2.HI/c1-2-5-21(4-1)28-12-8-20(9-13-28)26-23(24-10-7-22-6-3-17-30-22)25-11-14-27-15-18-29-19-16-27;/h3,6,17,20-21H,1-2,4-5,7-16,18-19H2,(H2,24,25,26);1H. The molecule has 3 fully saturated rings. The third-order valence-electron chi connectivity index (χ3n) is 6.75. The van der Waals surface area contributed by atoms with Gasteiger partial charge in [-0.3, -0.25) is 9.89 Å². The van der Waals surface area contributed by atoms with E-state index in [1.54, 1.807) is 6.26 Å². The predicted molar refractivity (Wildman–Crippen MR) is 135 cm³/mol. The van der Waals surface area contributed by atoms with E-state index in [1.807, 2.05) is 12.1 Å². The van der Waals surface area contributed by atoms with Crippen molar-refractivity contribution in [1.29, 1.82) is 0 Å². The number of piperidine rings is 1. The third-order valence-corrected chi connectivity index (χ3v) is 6.75. The fourth-order valence-electron chi connectivity index (χ4n) is 4.91. The molecule has 0 spiro atoms. The summed E-state index contributed by atoms with van der Waals surface area (Å²) in [5.41, 5.74) is 0. The molecule has 1 aromatic rings. The number of rotatable bonds is 8. The summed E-state index contributed by atoms with van der Waals surface area (Å²) in [6.45, 7) is 8.80. The van der Waals surface area contributed by atoms with Gasteiger partial charge in [-0.1, -0.05) is 12.8 Å². The molecule has 4 rings (SSSR count). The van der Waals surface area contributed by atoms with Gasteiger partial charge in [0.05, 0.1) is 26.0 Å². The highest BCUT2D eigenvalue weighted by Crippen LogP contribution is 2.26. The van der Waals surface area contributed by atoms with Gasteiger partial charge < -0.3 is 24.7 Å². The van der Waals surface area contributed by atoms with Gasteiger partial charge in [0.2, 0.25) is 0 Å². The zero-order valence-electron chi connectivity index (χ0n) is 18.8. The molecule has 1 aromatic heterocycles. The van der Waals surface area contributed by atoms with Crippen LogP contribution in [-0.4, -0.2) is 86.9 Å². The second-order valence-electron chi connectivity index (χ2n) is 8.83. The zero-order valence-corrected chi connectivity index (χ0v) is 21.1. The Kier molecular flexibility index (Phi) is 10.9. The summed E-state index contributed by atoms with van der Waals surface area (Å²) in [5, 5.41) is 7.25. The number of ether oxygens (including phenoxy) is 1. The molecule has 0 aromatic carbocycles. The van der Waals surface area contributed by atoms with Crippen LogP contribution in [0.4, 0.5) is 0 Å². The maximum atomic E-state index is 5.46. The summed E-state index contributed by atoms with van der Waals surface area (Å²) < 4.78 is 10.9. The lowest BCUT2D eigenvalue weighted by Gasteiger charge is -2.36. The minimum Gasteiger partial charge on any atom is -0.469 e.